The lowest BCUT2D eigenvalue weighted by Crippen LogP contribution is -2.60. The molecule has 6 fully saturated rings. The summed E-state index contributed by atoms with van der Waals surface area (Å²) in [5, 5.41) is 9.38. The van der Waals surface area contributed by atoms with Gasteiger partial charge in [-0.05, 0) is 58.4 Å². The van der Waals surface area contributed by atoms with Crippen molar-refractivity contribution in [3.63, 3.8) is 0 Å². The van der Waals surface area contributed by atoms with Crippen molar-refractivity contribution in [2.24, 2.45) is 0 Å². The van der Waals surface area contributed by atoms with Crippen molar-refractivity contribution < 1.29 is 28.2 Å². The second-order valence-corrected chi connectivity index (χ2v) is 15.5. The van der Waals surface area contributed by atoms with Crippen LogP contribution in [0, 0.1) is 25.5 Å². The molecule has 0 radical (unpaired) electrons. The number of hydrogen-bond donors (Lipinski definition) is 1. The summed E-state index contributed by atoms with van der Waals surface area (Å²) in [4.78, 5) is 45.0. The van der Waals surface area contributed by atoms with Crippen LogP contribution < -0.4 is 4.74 Å². The number of likely N-dealkylation sites (tertiary alicyclic amines) is 2. The van der Waals surface area contributed by atoms with E-state index < -0.39 is 11.6 Å². The van der Waals surface area contributed by atoms with E-state index >= 15 is 0 Å². The molecule has 0 aromatic carbocycles. The molecule has 2 aromatic heterocycles. The van der Waals surface area contributed by atoms with Crippen LogP contribution in [0.5, 0.6) is 5.75 Å². The van der Waals surface area contributed by atoms with Gasteiger partial charge in [0.25, 0.3) is 0 Å². The predicted molar refractivity (Wildman–Crippen MR) is 198 cm³/mol. The first-order valence-corrected chi connectivity index (χ1v) is 19.7. The summed E-state index contributed by atoms with van der Waals surface area (Å²) in [5.74, 6) is -0.624. The van der Waals surface area contributed by atoms with Crippen molar-refractivity contribution in [2.45, 2.75) is 89.5 Å². The lowest BCUT2D eigenvalue weighted by molar-refractivity contribution is 0.0151. The van der Waals surface area contributed by atoms with Gasteiger partial charge in [0, 0.05) is 82.9 Å². The molecule has 1 N–H and O–H groups in total. The molecule has 0 unspecified atom stereocenters. The molecule has 4 aliphatic heterocycles. The Labute approximate surface area is 317 Å². The minimum absolute atomic E-state index is 0.0895. The number of ether oxygens (including phenoxy) is 1. The molecule has 292 valence electrons. The van der Waals surface area contributed by atoms with Crippen LogP contribution >= 0.6 is 11.6 Å². The van der Waals surface area contributed by atoms with Crippen molar-refractivity contribution in [3.8, 4) is 5.75 Å². The van der Waals surface area contributed by atoms with Gasteiger partial charge in [-0.15, -0.1) is 0 Å². The monoisotopic (exact) mass is 760 g/mol. The number of carbonyl (C=O) groups excluding carboxylic acids is 2. The van der Waals surface area contributed by atoms with Crippen LogP contribution in [0.25, 0.3) is 0 Å². The smallest absolute Gasteiger partial charge is 0.320 e. The lowest BCUT2D eigenvalue weighted by Gasteiger charge is -2.41. The second kappa shape index (κ2) is 18.3. The number of aliphatic hydroxyl groups is 1. The number of amides is 4. The van der Waals surface area contributed by atoms with E-state index in [-0.39, 0.29) is 35.0 Å². The van der Waals surface area contributed by atoms with Crippen LogP contribution in [0.15, 0.2) is 24.5 Å². The zero-order valence-corrected chi connectivity index (χ0v) is 31.9. The molecule has 53 heavy (non-hydrogen) atoms. The number of pyridine rings is 2. The second-order valence-electron chi connectivity index (χ2n) is 15.1. The quantitative estimate of drug-likeness (QED) is 0.474. The maximum atomic E-state index is 14.0. The van der Waals surface area contributed by atoms with E-state index in [1.54, 1.807) is 29.8 Å². The highest BCUT2D eigenvalue weighted by atomic mass is 35.5. The van der Waals surface area contributed by atoms with E-state index in [4.69, 9.17) is 16.3 Å². The highest BCUT2D eigenvalue weighted by Gasteiger charge is 2.37. The molecule has 2 aromatic rings. The van der Waals surface area contributed by atoms with Crippen molar-refractivity contribution in [3.05, 3.63) is 52.6 Å². The minimum atomic E-state index is -0.431. The van der Waals surface area contributed by atoms with Crippen molar-refractivity contribution in [1.82, 2.24) is 39.4 Å². The maximum absolute atomic E-state index is 14.0. The average Bonchev–Trinajstić information content (AvgIpc) is 3.46. The van der Waals surface area contributed by atoms with Crippen molar-refractivity contribution in [2.75, 3.05) is 78.5 Å². The van der Waals surface area contributed by atoms with E-state index in [0.717, 1.165) is 77.3 Å². The maximum Gasteiger partial charge on any atom is 0.320 e. The van der Waals surface area contributed by atoms with Gasteiger partial charge in [0.05, 0.1) is 48.7 Å². The fourth-order valence-corrected chi connectivity index (χ4v) is 7.68. The minimum Gasteiger partial charge on any atom is -0.484 e. The Bertz CT molecular complexity index is 1520. The van der Waals surface area contributed by atoms with E-state index in [0.29, 0.717) is 37.6 Å². The molecule has 4 amide bonds. The van der Waals surface area contributed by atoms with Crippen LogP contribution in [-0.2, 0) is 0 Å². The zero-order valence-electron chi connectivity index (χ0n) is 31.1. The SMILES string of the molecule is Cc1nccc(Cl)c1F.Cc1nccc(OC2CN(C(=O)N3CCCN(C4CCC4)CC3)C2)c1F.O=C(N1CCCN(C2CCC2)CC1)N1CC(O)C1. The highest BCUT2D eigenvalue weighted by Crippen LogP contribution is 2.28. The number of halogens is 3. The van der Waals surface area contributed by atoms with Gasteiger partial charge in [0.1, 0.15) is 6.10 Å². The molecule has 0 bridgehead atoms. The number of carbonyl (C=O) groups is 2. The Morgan fingerprint density at radius 2 is 1.17 bits per heavy atom. The van der Waals surface area contributed by atoms with Gasteiger partial charge < -0.3 is 29.4 Å². The van der Waals surface area contributed by atoms with Gasteiger partial charge in [0.15, 0.2) is 17.4 Å². The number of rotatable bonds is 4. The predicted octanol–water partition coefficient (Wildman–Crippen LogP) is 4.80. The lowest BCUT2D eigenvalue weighted by atomic mass is 9.91. The molecule has 12 nitrogen and oxygen atoms in total. The topological polar surface area (TPSA) is 109 Å². The summed E-state index contributed by atoms with van der Waals surface area (Å²) in [7, 11) is 0. The van der Waals surface area contributed by atoms with Crippen LogP contribution in [0.4, 0.5) is 18.4 Å². The van der Waals surface area contributed by atoms with Crippen molar-refractivity contribution >= 4 is 23.7 Å². The summed E-state index contributed by atoms with van der Waals surface area (Å²) in [6.45, 7) is 12.8. The first-order valence-electron chi connectivity index (χ1n) is 19.4. The van der Waals surface area contributed by atoms with Gasteiger partial charge in [-0.2, -0.15) is 0 Å². The Morgan fingerprint density at radius 1 is 0.679 bits per heavy atom. The third-order valence-corrected chi connectivity index (χ3v) is 11.7. The summed E-state index contributed by atoms with van der Waals surface area (Å²) < 4.78 is 32.2. The largest absolute Gasteiger partial charge is 0.484 e. The molecule has 6 aliphatic rings. The van der Waals surface area contributed by atoms with Crippen LogP contribution in [0.1, 0.15) is 62.8 Å². The number of urea groups is 2. The Morgan fingerprint density at radius 3 is 1.62 bits per heavy atom. The van der Waals surface area contributed by atoms with Crippen LogP contribution in [0.3, 0.4) is 0 Å². The zero-order chi connectivity index (χ0) is 37.5. The van der Waals surface area contributed by atoms with E-state index in [1.165, 1.54) is 56.9 Å². The molecular formula is C38H55ClF2N8O4. The summed E-state index contributed by atoms with van der Waals surface area (Å²) in [6.07, 6.45) is 12.7. The summed E-state index contributed by atoms with van der Waals surface area (Å²) in [5.41, 5.74) is 0.665. The summed E-state index contributed by atoms with van der Waals surface area (Å²) >= 11 is 5.40. The first-order chi connectivity index (χ1) is 25.6. The number of β-amino-alcohol motifs (C(OH)–C–C–N with tert-alkyl or cyclic N) is 1. The third-order valence-electron chi connectivity index (χ3n) is 11.4. The Balaban J connectivity index is 0.000000153. The number of aliphatic hydroxyl groups excluding tert-OH is 1. The van der Waals surface area contributed by atoms with Crippen LogP contribution in [0.2, 0.25) is 5.02 Å². The molecule has 4 saturated heterocycles. The molecule has 8 rings (SSSR count). The number of aryl methyl sites for hydroxylation is 2. The van der Waals surface area contributed by atoms with E-state index in [2.05, 4.69) is 19.8 Å². The molecule has 6 heterocycles. The van der Waals surface area contributed by atoms with Crippen molar-refractivity contribution in [1.29, 1.82) is 0 Å². The third kappa shape index (κ3) is 10.1. The van der Waals surface area contributed by atoms with E-state index in [1.807, 2.05) is 9.80 Å². The fraction of sp³-hybridized carbons (Fsp3) is 0.684. The summed E-state index contributed by atoms with van der Waals surface area (Å²) in [6, 6.07) is 4.69. The van der Waals surface area contributed by atoms with E-state index in [9.17, 15) is 23.5 Å². The molecule has 0 spiro atoms. The highest BCUT2D eigenvalue weighted by molar-refractivity contribution is 6.30. The molecular weight excluding hydrogens is 706 g/mol. The number of aromatic nitrogens is 2. The van der Waals surface area contributed by atoms with Gasteiger partial charge in [-0.25, -0.2) is 18.4 Å². The molecule has 0 atom stereocenters. The average molecular weight is 761 g/mol. The number of nitrogens with zero attached hydrogens (tertiary/aromatic N) is 8. The standard InChI is InChI=1S/C19H27FN4O2.C13H23N3O2.C6H5ClFN/c1-14-18(20)17(6-7-21-14)26-16-12-24(13-16)19(25)23-9-3-8-22(10-11-23)15-4-2-5-15;17-12-9-16(10-12)13(18)15-6-2-5-14(7-8-15)11-3-1-4-11;1-4-6(8)5(7)2-3-9-4/h6-7,15-16H,2-5,8-13H2,1H3;11-12,17H,1-10H2;2-3H,1H3. The van der Waals surface area contributed by atoms with Gasteiger partial charge in [-0.3, -0.25) is 19.8 Å². The fourth-order valence-electron chi connectivity index (χ4n) is 7.48. The first kappa shape index (κ1) is 39.4. The Kier molecular flexibility index (Phi) is 13.6. The van der Waals surface area contributed by atoms with Gasteiger partial charge in [0.2, 0.25) is 0 Å². The molecule has 15 heteroatoms. The number of hydrogen-bond acceptors (Lipinski definition) is 8. The van der Waals surface area contributed by atoms with Crippen LogP contribution in [-0.4, -0.2) is 159 Å². The van der Waals surface area contributed by atoms with Gasteiger partial charge in [-0.1, -0.05) is 24.4 Å². The normalized spacial score (nSPS) is 22.1. The molecule has 2 saturated carbocycles. The van der Waals surface area contributed by atoms with Gasteiger partial charge >= 0.3 is 12.1 Å². The Hall–Kier alpha value is -3.33. The molecule has 2 aliphatic carbocycles.